The minimum atomic E-state index is -0.0300. The van der Waals surface area contributed by atoms with E-state index in [0.29, 0.717) is 0 Å². The second-order valence-electron chi connectivity index (χ2n) is 3.83. The molecule has 2 nitrogen and oxygen atoms in total. The van der Waals surface area contributed by atoms with Gasteiger partial charge in [-0.05, 0) is 30.4 Å². The molecule has 0 aliphatic heterocycles. The largest absolute Gasteiger partial charge is 0.396 e. The minimum Gasteiger partial charge on any atom is -0.396 e. The normalized spacial score (nSPS) is 18.6. The van der Waals surface area contributed by atoms with E-state index in [0.717, 1.165) is 19.3 Å². The van der Waals surface area contributed by atoms with E-state index in [9.17, 15) is 0 Å². The van der Waals surface area contributed by atoms with E-state index in [1.165, 1.54) is 11.1 Å². The first-order valence-electron chi connectivity index (χ1n) is 4.74. The average molecular weight is 177 g/mol. The maximum atomic E-state index is 8.74. The quantitative estimate of drug-likeness (QED) is 0.728. The van der Waals surface area contributed by atoms with Gasteiger partial charge in [-0.3, -0.25) is 0 Å². The van der Waals surface area contributed by atoms with Gasteiger partial charge in [-0.15, -0.1) is 0 Å². The molecule has 13 heavy (non-hydrogen) atoms. The lowest BCUT2D eigenvalue weighted by molar-refractivity contribution is 0.299. The zero-order valence-corrected chi connectivity index (χ0v) is 7.66. The molecule has 0 aromatic heterocycles. The van der Waals surface area contributed by atoms with Gasteiger partial charge in [0.1, 0.15) is 0 Å². The molecule has 0 spiro atoms. The Labute approximate surface area is 78.4 Å². The summed E-state index contributed by atoms with van der Waals surface area (Å²) in [5, 5.41) is 8.74. The number of benzene rings is 1. The van der Waals surface area contributed by atoms with E-state index >= 15 is 0 Å². The maximum Gasteiger partial charge on any atom is 0.0471 e. The molecule has 1 fully saturated rings. The molecule has 0 radical (unpaired) electrons. The second-order valence-corrected chi connectivity index (χ2v) is 3.83. The van der Waals surface area contributed by atoms with Crippen LogP contribution in [0.3, 0.4) is 0 Å². The Balaban J connectivity index is 2.14. The number of hydrogen-bond donors (Lipinski definition) is 2. The van der Waals surface area contributed by atoms with Gasteiger partial charge in [0.05, 0.1) is 0 Å². The van der Waals surface area contributed by atoms with Crippen molar-refractivity contribution in [1.29, 1.82) is 0 Å². The lowest BCUT2D eigenvalue weighted by atomic mass is 10.0. The first-order chi connectivity index (χ1) is 6.24. The molecule has 0 bridgehead atoms. The standard InChI is InChI=1S/C11H15NO/c12-11(6-7-11)10-3-1-9(2-4-10)5-8-13/h1-4,13H,5-8,12H2. The fourth-order valence-electron chi connectivity index (χ4n) is 1.56. The van der Waals surface area contributed by atoms with Crippen LogP contribution in [-0.2, 0) is 12.0 Å². The fourth-order valence-corrected chi connectivity index (χ4v) is 1.56. The van der Waals surface area contributed by atoms with Crippen molar-refractivity contribution in [3.8, 4) is 0 Å². The van der Waals surface area contributed by atoms with Crippen molar-refractivity contribution in [2.24, 2.45) is 5.73 Å². The van der Waals surface area contributed by atoms with Gasteiger partial charge in [0.15, 0.2) is 0 Å². The van der Waals surface area contributed by atoms with Crippen molar-refractivity contribution in [2.45, 2.75) is 24.8 Å². The summed E-state index contributed by atoms with van der Waals surface area (Å²) in [6, 6.07) is 8.27. The minimum absolute atomic E-state index is 0.0300. The molecule has 0 saturated heterocycles. The molecule has 1 aliphatic carbocycles. The van der Waals surface area contributed by atoms with E-state index < -0.39 is 0 Å². The fraction of sp³-hybridized carbons (Fsp3) is 0.455. The van der Waals surface area contributed by atoms with Crippen LogP contribution in [0.5, 0.6) is 0 Å². The van der Waals surface area contributed by atoms with E-state index in [1.807, 2.05) is 0 Å². The Bertz CT molecular complexity index is 287. The highest BCUT2D eigenvalue weighted by atomic mass is 16.2. The van der Waals surface area contributed by atoms with Crippen molar-refractivity contribution in [3.05, 3.63) is 35.4 Å². The van der Waals surface area contributed by atoms with Crippen molar-refractivity contribution < 1.29 is 5.11 Å². The molecule has 1 saturated carbocycles. The Morgan fingerprint density at radius 1 is 1.23 bits per heavy atom. The Morgan fingerprint density at radius 2 is 1.85 bits per heavy atom. The van der Waals surface area contributed by atoms with Gasteiger partial charge in [-0.25, -0.2) is 0 Å². The van der Waals surface area contributed by atoms with Crippen molar-refractivity contribution in [2.75, 3.05) is 6.61 Å². The van der Waals surface area contributed by atoms with Crippen LogP contribution in [0, 0.1) is 0 Å². The van der Waals surface area contributed by atoms with Crippen LogP contribution in [-0.4, -0.2) is 11.7 Å². The third-order valence-electron chi connectivity index (χ3n) is 2.72. The molecule has 0 atom stereocenters. The number of hydrogen-bond acceptors (Lipinski definition) is 2. The highest BCUT2D eigenvalue weighted by Crippen LogP contribution is 2.42. The summed E-state index contributed by atoms with van der Waals surface area (Å²) in [7, 11) is 0. The van der Waals surface area contributed by atoms with Crippen molar-refractivity contribution in [3.63, 3.8) is 0 Å². The molecule has 1 aromatic rings. The number of rotatable bonds is 3. The van der Waals surface area contributed by atoms with Crippen LogP contribution in [0.1, 0.15) is 24.0 Å². The predicted octanol–water partition coefficient (Wildman–Crippen LogP) is 1.17. The SMILES string of the molecule is NC1(c2ccc(CCO)cc2)CC1. The highest BCUT2D eigenvalue weighted by Gasteiger charge is 2.39. The van der Waals surface area contributed by atoms with E-state index in [1.54, 1.807) is 0 Å². The molecule has 70 valence electrons. The summed E-state index contributed by atoms with van der Waals surface area (Å²) in [6.45, 7) is 0.215. The van der Waals surface area contributed by atoms with Crippen LogP contribution in [0.15, 0.2) is 24.3 Å². The van der Waals surface area contributed by atoms with Gasteiger partial charge in [0, 0.05) is 12.1 Å². The number of aliphatic hydroxyl groups is 1. The van der Waals surface area contributed by atoms with Gasteiger partial charge in [0.25, 0.3) is 0 Å². The molecule has 1 aromatic carbocycles. The molecule has 0 unspecified atom stereocenters. The Kier molecular flexibility index (Phi) is 2.10. The summed E-state index contributed by atoms with van der Waals surface area (Å²) in [5.41, 5.74) is 8.42. The van der Waals surface area contributed by atoms with Gasteiger partial charge in [0.2, 0.25) is 0 Å². The van der Waals surface area contributed by atoms with Gasteiger partial charge in [-0.2, -0.15) is 0 Å². The Hall–Kier alpha value is -0.860. The molecular formula is C11H15NO. The zero-order valence-electron chi connectivity index (χ0n) is 7.66. The van der Waals surface area contributed by atoms with Crippen LogP contribution in [0.25, 0.3) is 0 Å². The maximum absolute atomic E-state index is 8.74. The monoisotopic (exact) mass is 177 g/mol. The lowest BCUT2D eigenvalue weighted by Crippen LogP contribution is -2.18. The van der Waals surface area contributed by atoms with Crippen LogP contribution in [0.4, 0.5) is 0 Å². The first-order valence-corrected chi connectivity index (χ1v) is 4.74. The van der Waals surface area contributed by atoms with Gasteiger partial charge < -0.3 is 10.8 Å². The van der Waals surface area contributed by atoms with Crippen LogP contribution < -0.4 is 5.73 Å². The molecule has 0 amide bonds. The molecule has 1 aliphatic rings. The van der Waals surface area contributed by atoms with E-state index in [4.69, 9.17) is 10.8 Å². The first kappa shape index (κ1) is 8.73. The third-order valence-corrected chi connectivity index (χ3v) is 2.72. The summed E-state index contributed by atoms with van der Waals surface area (Å²) < 4.78 is 0. The van der Waals surface area contributed by atoms with Gasteiger partial charge >= 0.3 is 0 Å². The molecule has 3 N–H and O–H groups in total. The van der Waals surface area contributed by atoms with E-state index in [2.05, 4.69) is 24.3 Å². The smallest absolute Gasteiger partial charge is 0.0471 e. The topological polar surface area (TPSA) is 46.2 Å². The molecule has 2 rings (SSSR count). The highest BCUT2D eigenvalue weighted by molar-refractivity contribution is 5.32. The zero-order chi connectivity index (χ0) is 9.31. The molecular weight excluding hydrogens is 162 g/mol. The van der Waals surface area contributed by atoms with Crippen molar-refractivity contribution in [1.82, 2.24) is 0 Å². The Morgan fingerprint density at radius 3 is 2.31 bits per heavy atom. The second kappa shape index (κ2) is 3.13. The summed E-state index contributed by atoms with van der Waals surface area (Å²) in [6.07, 6.45) is 2.94. The van der Waals surface area contributed by atoms with Gasteiger partial charge in [-0.1, -0.05) is 24.3 Å². The summed E-state index contributed by atoms with van der Waals surface area (Å²) in [5.74, 6) is 0. The van der Waals surface area contributed by atoms with E-state index in [-0.39, 0.29) is 12.1 Å². The summed E-state index contributed by atoms with van der Waals surface area (Å²) in [4.78, 5) is 0. The third kappa shape index (κ3) is 1.74. The average Bonchev–Trinajstić information content (AvgIpc) is 2.87. The van der Waals surface area contributed by atoms with Crippen LogP contribution in [0.2, 0.25) is 0 Å². The van der Waals surface area contributed by atoms with Crippen molar-refractivity contribution >= 4 is 0 Å². The summed E-state index contributed by atoms with van der Waals surface area (Å²) >= 11 is 0. The predicted molar refractivity (Wildman–Crippen MR) is 52.3 cm³/mol. The van der Waals surface area contributed by atoms with Crippen LogP contribution >= 0.6 is 0 Å². The molecule has 0 heterocycles. The molecule has 2 heteroatoms. The number of aliphatic hydroxyl groups excluding tert-OH is 1. The lowest BCUT2D eigenvalue weighted by Gasteiger charge is -2.09. The number of nitrogens with two attached hydrogens (primary N) is 1.